The first kappa shape index (κ1) is 40.2. The first-order valence-electron chi connectivity index (χ1n) is 29.8. The molecule has 3 nitrogen and oxygen atoms in total. The van der Waals surface area contributed by atoms with E-state index in [0.29, 0.717) is 5.56 Å². The molecule has 14 aromatic rings. The van der Waals surface area contributed by atoms with Crippen molar-refractivity contribution in [2.45, 2.75) is 52.4 Å². The van der Waals surface area contributed by atoms with E-state index in [9.17, 15) is 2.74 Å². The van der Waals surface area contributed by atoms with E-state index >= 15 is 0 Å². The Hall–Kier alpha value is -9.12. The molecule has 78 heavy (non-hydrogen) atoms. The summed E-state index contributed by atoms with van der Waals surface area (Å²) in [5.41, 5.74) is 18.1. The molecule has 0 saturated carbocycles. The number of fused-ring (bicyclic) bond motifs is 18. The van der Waals surface area contributed by atoms with Crippen molar-refractivity contribution in [1.29, 1.82) is 0 Å². The van der Waals surface area contributed by atoms with Gasteiger partial charge in [0.1, 0.15) is 0 Å². The van der Waals surface area contributed by atoms with Crippen molar-refractivity contribution < 1.29 is 6.85 Å². The lowest BCUT2D eigenvalue weighted by Crippen LogP contribution is -2.60. The minimum Gasteiger partial charge on any atom is -0.311 e. The zero-order valence-corrected chi connectivity index (χ0v) is 44.5. The summed E-state index contributed by atoms with van der Waals surface area (Å²) in [6.07, 6.45) is 0. The molecule has 0 amide bonds. The van der Waals surface area contributed by atoms with Crippen molar-refractivity contribution in [3.8, 4) is 27.9 Å². The van der Waals surface area contributed by atoms with Gasteiger partial charge in [0, 0.05) is 54.9 Å². The lowest BCUT2D eigenvalue weighted by Gasteiger charge is -2.41. The summed E-state index contributed by atoms with van der Waals surface area (Å²) in [6.45, 7) is 13.5. The molecule has 16 rings (SSSR count). The summed E-state index contributed by atoms with van der Waals surface area (Å²) in [6, 6.07) is 72.0. The highest BCUT2D eigenvalue weighted by Crippen LogP contribution is 2.50. The molecular formula is C74H56BN3. The number of anilines is 3. The largest absolute Gasteiger partial charge is 0.311 e. The first-order chi connectivity index (χ1) is 40.1. The van der Waals surface area contributed by atoms with Gasteiger partial charge < -0.3 is 13.9 Å². The fraction of sp³-hybridized carbons (Fsp3) is 0.108. The second-order valence-corrected chi connectivity index (χ2v) is 23.7. The van der Waals surface area contributed by atoms with Gasteiger partial charge in [-0.25, -0.2) is 0 Å². The van der Waals surface area contributed by atoms with Gasteiger partial charge in [-0.15, -0.1) is 0 Å². The minimum absolute atomic E-state index is 0.101. The Morgan fingerprint density at radius 3 is 1.71 bits per heavy atom. The summed E-state index contributed by atoms with van der Waals surface area (Å²) in [5.74, 6) is 0. The number of hydrogen-bond donors (Lipinski definition) is 0. The summed E-state index contributed by atoms with van der Waals surface area (Å²) >= 11 is 0. The van der Waals surface area contributed by atoms with Crippen LogP contribution in [0.15, 0.2) is 230 Å². The maximum Gasteiger partial charge on any atom is 0.252 e. The zero-order chi connectivity index (χ0) is 56.7. The second-order valence-electron chi connectivity index (χ2n) is 23.7. The number of para-hydroxylation sites is 2. The molecule has 0 saturated heterocycles. The fourth-order valence-corrected chi connectivity index (χ4v) is 13.6. The predicted molar refractivity (Wildman–Crippen MR) is 336 cm³/mol. The van der Waals surface area contributed by atoms with Crippen LogP contribution in [0.4, 0.5) is 17.1 Å². The van der Waals surface area contributed by atoms with E-state index in [1.165, 1.54) is 49.1 Å². The van der Waals surface area contributed by atoms with Crippen LogP contribution in [-0.4, -0.2) is 15.7 Å². The van der Waals surface area contributed by atoms with Gasteiger partial charge in [-0.2, -0.15) is 0 Å². The van der Waals surface area contributed by atoms with Crippen molar-refractivity contribution in [2.75, 3.05) is 4.90 Å². The van der Waals surface area contributed by atoms with E-state index in [-0.39, 0.29) is 47.3 Å². The third-order valence-electron chi connectivity index (χ3n) is 17.2. The predicted octanol–water partition coefficient (Wildman–Crippen LogP) is 17.9. The number of nitrogens with zero attached hydrogens (tertiary/aromatic N) is 3. The number of rotatable bonds is 3. The molecule has 11 aromatic carbocycles. The molecule has 0 bridgehead atoms. The molecule has 0 unspecified atom stereocenters. The van der Waals surface area contributed by atoms with Gasteiger partial charge >= 0.3 is 0 Å². The molecule has 0 fully saturated rings. The average molecular weight is 1000 g/mol. The van der Waals surface area contributed by atoms with E-state index in [4.69, 9.17) is 4.11 Å². The molecular weight excluding hydrogens is 942 g/mol. The average Bonchev–Trinajstić information content (AvgIpc) is 1.76. The van der Waals surface area contributed by atoms with Crippen LogP contribution >= 0.6 is 0 Å². The van der Waals surface area contributed by atoms with E-state index in [0.717, 1.165) is 93.7 Å². The summed E-state index contributed by atoms with van der Waals surface area (Å²) < 4.78 is 50.3. The molecule has 0 atom stereocenters. The number of hydrogen-bond acceptors (Lipinski definition) is 1. The Morgan fingerprint density at radius 1 is 0.385 bits per heavy atom. The van der Waals surface area contributed by atoms with Crippen LogP contribution in [0.1, 0.15) is 59.5 Å². The topological polar surface area (TPSA) is 12.6 Å². The van der Waals surface area contributed by atoms with E-state index < -0.39 is 6.04 Å². The highest BCUT2D eigenvalue weighted by atomic mass is 15.2. The Labute approximate surface area is 462 Å². The van der Waals surface area contributed by atoms with Crippen LogP contribution < -0.4 is 21.3 Å². The SMILES string of the molecule is [2H]c1c([2H])c([2H])c(-c2ccc3c(c2)N(c2ccc(-c4ccccc4)cc2)c2c4c(cc5c2c2cccc6c7ccccc7c7ccccc7c7ccccc7n5c62)-n2c5ccc(C(C)(C)C)cc5c5cc(C(C)(C)C)cc(c52)B34)c([2H])c1[2H]. The number of benzene rings is 11. The molecule has 3 aromatic heterocycles. The van der Waals surface area contributed by atoms with E-state index in [1.807, 2.05) is 12.1 Å². The van der Waals surface area contributed by atoms with Crippen LogP contribution in [-0.2, 0) is 10.8 Å². The van der Waals surface area contributed by atoms with Gasteiger partial charge in [-0.3, -0.25) is 0 Å². The van der Waals surface area contributed by atoms with Crippen LogP contribution in [0.5, 0.6) is 0 Å². The highest BCUT2D eigenvalue weighted by Gasteiger charge is 2.45. The summed E-state index contributed by atoms with van der Waals surface area (Å²) in [7, 11) is 0. The second kappa shape index (κ2) is 16.2. The van der Waals surface area contributed by atoms with Gasteiger partial charge in [0.05, 0.1) is 34.6 Å². The smallest absolute Gasteiger partial charge is 0.252 e. The van der Waals surface area contributed by atoms with Gasteiger partial charge in [0.25, 0.3) is 6.71 Å². The van der Waals surface area contributed by atoms with Crippen LogP contribution in [0.25, 0.3) is 109 Å². The molecule has 370 valence electrons. The third kappa shape index (κ3) is 6.35. The third-order valence-corrected chi connectivity index (χ3v) is 17.2. The first-order valence-corrected chi connectivity index (χ1v) is 27.3. The maximum absolute atomic E-state index is 9.37. The molecule has 5 heterocycles. The quantitative estimate of drug-likeness (QED) is 0.161. The molecule has 2 aliphatic heterocycles. The van der Waals surface area contributed by atoms with Crippen molar-refractivity contribution in [3.05, 3.63) is 242 Å². The van der Waals surface area contributed by atoms with Crippen LogP contribution in [0.3, 0.4) is 0 Å². The Morgan fingerprint density at radius 2 is 0.987 bits per heavy atom. The molecule has 4 heteroatoms. The molecule has 0 radical (unpaired) electrons. The normalized spacial score (nSPS) is 14.1. The minimum atomic E-state index is -0.413. The van der Waals surface area contributed by atoms with E-state index in [2.05, 4.69) is 243 Å². The van der Waals surface area contributed by atoms with Gasteiger partial charge in [-0.1, -0.05) is 223 Å². The molecule has 0 spiro atoms. The Balaban J connectivity index is 1.17. The lowest BCUT2D eigenvalue weighted by molar-refractivity contribution is 0.590. The van der Waals surface area contributed by atoms with Crippen molar-refractivity contribution >= 4 is 122 Å². The summed E-state index contributed by atoms with van der Waals surface area (Å²) in [5, 5.41) is 11.5. The molecule has 2 aliphatic rings. The van der Waals surface area contributed by atoms with Gasteiger partial charge in [-0.05, 0) is 131 Å². The fourth-order valence-electron chi connectivity index (χ4n) is 13.6. The Kier molecular flexibility index (Phi) is 8.35. The van der Waals surface area contributed by atoms with Crippen molar-refractivity contribution in [2.24, 2.45) is 0 Å². The molecule has 0 aliphatic carbocycles. The standard InChI is InChI=1S/C74H56BN3/c1-73(2,3)49-35-39-64-59(41-49)60-42-50(74(4,5)6)43-62-71(60)78(64)67-44-66-68(58-30-19-29-57-55-27-16-14-25-53(55)52-24-13-15-26-54(52)56-28-17-18-31-63(56)77(66)70(57)58)72-69(67)75(62)61-38-34-48(46-22-11-8-12-23-46)40-65(61)76(72)51-36-32-47(33-37-51)45-20-9-7-10-21-45/h7-44H,1-6H3/i8D,11D,12D,22D,23D. The lowest BCUT2D eigenvalue weighted by atomic mass is 9.33. The summed E-state index contributed by atoms with van der Waals surface area (Å²) in [4.78, 5) is 2.44. The van der Waals surface area contributed by atoms with Crippen LogP contribution in [0, 0.1) is 0 Å². The van der Waals surface area contributed by atoms with Crippen LogP contribution in [0.2, 0.25) is 0 Å². The zero-order valence-electron chi connectivity index (χ0n) is 49.5. The van der Waals surface area contributed by atoms with Gasteiger partial charge in [0.2, 0.25) is 0 Å². The Bertz CT molecular complexity index is 5210. The van der Waals surface area contributed by atoms with Crippen molar-refractivity contribution in [3.63, 3.8) is 0 Å². The van der Waals surface area contributed by atoms with Crippen molar-refractivity contribution in [1.82, 2.24) is 8.97 Å². The van der Waals surface area contributed by atoms with Gasteiger partial charge in [0.15, 0.2) is 0 Å². The maximum atomic E-state index is 9.37. The highest BCUT2D eigenvalue weighted by molar-refractivity contribution is 7.00. The van der Waals surface area contributed by atoms with E-state index in [1.54, 1.807) is 0 Å². The number of aromatic nitrogens is 2. The molecule has 0 N–H and O–H groups in total. The monoisotopic (exact) mass is 1000 g/mol.